The largest absolute Gasteiger partial charge is 0.387 e. The van der Waals surface area contributed by atoms with Crippen molar-refractivity contribution >= 4 is 5.69 Å². The zero-order chi connectivity index (χ0) is 9.84. The van der Waals surface area contributed by atoms with Crippen molar-refractivity contribution in [3.63, 3.8) is 0 Å². The van der Waals surface area contributed by atoms with Crippen LogP contribution >= 0.6 is 0 Å². The van der Waals surface area contributed by atoms with Crippen LogP contribution in [0.2, 0.25) is 0 Å². The van der Waals surface area contributed by atoms with Gasteiger partial charge in [-0.3, -0.25) is 4.79 Å². The highest BCUT2D eigenvalue weighted by Crippen LogP contribution is 1.99. The van der Waals surface area contributed by atoms with Crippen LogP contribution in [0, 0.1) is 5.92 Å². The second-order valence-corrected chi connectivity index (χ2v) is 3.41. The molecule has 1 aromatic heterocycles. The first-order valence-electron chi connectivity index (χ1n) is 4.38. The standard InChI is InChI=1S/C9H15N3O/c1-7(2)6-12-9(13)4-8(10-3)5-11-12/h4-5,7,10H,6H2,1-3H3. The molecule has 0 radical (unpaired) electrons. The van der Waals surface area contributed by atoms with E-state index in [0.29, 0.717) is 12.5 Å². The van der Waals surface area contributed by atoms with E-state index >= 15 is 0 Å². The molecule has 1 aromatic rings. The third-order valence-electron chi connectivity index (χ3n) is 1.70. The molecule has 0 fully saturated rings. The summed E-state index contributed by atoms with van der Waals surface area (Å²) >= 11 is 0. The lowest BCUT2D eigenvalue weighted by Crippen LogP contribution is -2.24. The Labute approximate surface area is 77.6 Å². The van der Waals surface area contributed by atoms with Crippen molar-refractivity contribution in [1.82, 2.24) is 9.78 Å². The second-order valence-electron chi connectivity index (χ2n) is 3.41. The predicted molar refractivity (Wildman–Crippen MR) is 52.9 cm³/mol. The zero-order valence-corrected chi connectivity index (χ0v) is 8.24. The van der Waals surface area contributed by atoms with E-state index < -0.39 is 0 Å². The summed E-state index contributed by atoms with van der Waals surface area (Å²) in [5.41, 5.74) is 0.700. The molecular weight excluding hydrogens is 166 g/mol. The highest BCUT2D eigenvalue weighted by Gasteiger charge is 2.00. The average Bonchev–Trinajstić information content (AvgIpc) is 2.08. The van der Waals surface area contributed by atoms with Gasteiger partial charge in [-0.25, -0.2) is 4.68 Å². The van der Waals surface area contributed by atoms with Gasteiger partial charge >= 0.3 is 0 Å². The Morgan fingerprint density at radius 1 is 1.62 bits per heavy atom. The van der Waals surface area contributed by atoms with Crippen molar-refractivity contribution in [2.24, 2.45) is 5.92 Å². The van der Waals surface area contributed by atoms with Gasteiger partial charge in [-0.05, 0) is 5.92 Å². The van der Waals surface area contributed by atoms with Crippen molar-refractivity contribution in [2.45, 2.75) is 20.4 Å². The Morgan fingerprint density at radius 2 is 2.31 bits per heavy atom. The fourth-order valence-corrected chi connectivity index (χ4v) is 1.05. The molecule has 1 heterocycles. The number of nitrogens with zero attached hydrogens (tertiary/aromatic N) is 2. The van der Waals surface area contributed by atoms with Crippen molar-refractivity contribution in [3.05, 3.63) is 22.6 Å². The minimum absolute atomic E-state index is 0.0550. The van der Waals surface area contributed by atoms with Gasteiger partial charge in [0.2, 0.25) is 0 Å². The third-order valence-corrected chi connectivity index (χ3v) is 1.70. The molecule has 13 heavy (non-hydrogen) atoms. The van der Waals surface area contributed by atoms with E-state index in [1.807, 2.05) is 0 Å². The Bertz CT molecular complexity index is 330. The predicted octanol–water partition coefficient (Wildman–Crippen LogP) is 0.941. The van der Waals surface area contributed by atoms with Gasteiger partial charge in [0, 0.05) is 19.7 Å². The molecule has 0 aliphatic rings. The summed E-state index contributed by atoms with van der Waals surface area (Å²) in [6.07, 6.45) is 1.66. The summed E-state index contributed by atoms with van der Waals surface area (Å²) in [6.45, 7) is 4.78. The molecule has 1 N–H and O–H groups in total. The number of anilines is 1. The van der Waals surface area contributed by atoms with Crippen molar-refractivity contribution in [2.75, 3.05) is 12.4 Å². The van der Waals surface area contributed by atoms with E-state index in [0.717, 1.165) is 5.69 Å². The van der Waals surface area contributed by atoms with Gasteiger partial charge in [-0.1, -0.05) is 13.8 Å². The maximum atomic E-state index is 11.4. The number of nitrogens with one attached hydrogen (secondary N) is 1. The van der Waals surface area contributed by atoms with Gasteiger partial charge in [0.15, 0.2) is 0 Å². The smallest absolute Gasteiger partial charge is 0.268 e. The first kappa shape index (κ1) is 9.77. The minimum atomic E-state index is -0.0550. The highest BCUT2D eigenvalue weighted by atomic mass is 16.1. The number of hydrogen-bond acceptors (Lipinski definition) is 3. The van der Waals surface area contributed by atoms with Crippen molar-refractivity contribution in [1.29, 1.82) is 0 Å². The molecule has 0 saturated carbocycles. The van der Waals surface area contributed by atoms with Crippen molar-refractivity contribution in [3.8, 4) is 0 Å². The van der Waals surface area contributed by atoms with Crippen LogP contribution in [0.15, 0.2) is 17.1 Å². The number of aromatic nitrogens is 2. The molecule has 4 nitrogen and oxygen atoms in total. The van der Waals surface area contributed by atoms with Crippen LogP contribution < -0.4 is 10.9 Å². The second kappa shape index (κ2) is 4.07. The van der Waals surface area contributed by atoms with Crippen LogP contribution in [0.25, 0.3) is 0 Å². The molecule has 0 atom stereocenters. The molecule has 0 aliphatic heterocycles. The first-order valence-corrected chi connectivity index (χ1v) is 4.38. The van der Waals surface area contributed by atoms with Crippen LogP contribution in [0.3, 0.4) is 0 Å². The van der Waals surface area contributed by atoms with E-state index in [1.54, 1.807) is 19.3 Å². The van der Waals surface area contributed by atoms with Crippen LogP contribution in [-0.4, -0.2) is 16.8 Å². The van der Waals surface area contributed by atoms with Crippen LogP contribution in [0.4, 0.5) is 5.69 Å². The summed E-state index contributed by atoms with van der Waals surface area (Å²) in [5, 5.41) is 6.90. The van der Waals surface area contributed by atoms with Crippen molar-refractivity contribution < 1.29 is 0 Å². The Hall–Kier alpha value is -1.32. The third kappa shape index (κ3) is 2.57. The normalized spacial score (nSPS) is 10.5. The summed E-state index contributed by atoms with van der Waals surface area (Å²) in [5.74, 6) is 0.436. The molecule has 0 spiro atoms. The van der Waals surface area contributed by atoms with Gasteiger partial charge in [0.05, 0.1) is 11.9 Å². The lowest BCUT2D eigenvalue weighted by atomic mass is 10.2. The summed E-state index contributed by atoms with van der Waals surface area (Å²) in [6, 6.07) is 1.55. The first-order chi connectivity index (χ1) is 6.13. The van der Waals surface area contributed by atoms with Gasteiger partial charge in [0.25, 0.3) is 5.56 Å². The van der Waals surface area contributed by atoms with E-state index in [-0.39, 0.29) is 5.56 Å². The Balaban J connectivity index is 2.92. The van der Waals surface area contributed by atoms with Gasteiger partial charge < -0.3 is 5.32 Å². The van der Waals surface area contributed by atoms with E-state index in [9.17, 15) is 4.79 Å². The number of hydrogen-bond donors (Lipinski definition) is 1. The van der Waals surface area contributed by atoms with Gasteiger partial charge in [0.1, 0.15) is 0 Å². The van der Waals surface area contributed by atoms with E-state index in [1.165, 1.54) is 4.68 Å². The molecule has 4 heteroatoms. The molecular formula is C9H15N3O. The fraction of sp³-hybridized carbons (Fsp3) is 0.556. The summed E-state index contributed by atoms with van der Waals surface area (Å²) < 4.78 is 1.48. The molecule has 0 amide bonds. The fourth-order valence-electron chi connectivity index (χ4n) is 1.05. The lowest BCUT2D eigenvalue weighted by Gasteiger charge is -2.07. The lowest BCUT2D eigenvalue weighted by molar-refractivity contribution is 0.464. The number of rotatable bonds is 3. The molecule has 0 unspecified atom stereocenters. The monoisotopic (exact) mass is 181 g/mol. The molecule has 0 bridgehead atoms. The average molecular weight is 181 g/mol. The maximum absolute atomic E-state index is 11.4. The van der Waals surface area contributed by atoms with Gasteiger partial charge in [-0.15, -0.1) is 0 Å². The molecule has 0 aliphatic carbocycles. The van der Waals surface area contributed by atoms with E-state index in [2.05, 4.69) is 24.3 Å². The van der Waals surface area contributed by atoms with Crippen LogP contribution in [-0.2, 0) is 6.54 Å². The zero-order valence-electron chi connectivity index (χ0n) is 8.24. The SMILES string of the molecule is CNc1cnn(CC(C)C)c(=O)c1. The van der Waals surface area contributed by atoms with Crippen LogP contribution in [0.5, 0.6) is 0 Å². The Morgan fingerprint density at radius 3 is 2.77 bits per heavy atom. The summed E-state index contributed by atoms with van der Waals surface area (Å²) in [7, 11) is 1.77. The maximum Gasteiger partial charge on any atom is 0.268 e. The molecule has 0 aromatic carbocycles. The quantitative estimate of drug-likeness (QED) is 0.755. The molecule has 0 saturated heterocycles. The molecule has 1 rings (SSSR count). The van der Waals surface area contributed by atoms with E-state index in [4.69, 9.17) is 0 Å². The highest BCUT2D eigenvalue weighted by molar-refractivity contribution is 5.37. The van der Waals surface area contributed by atoms with Gasteiger partial charge in [-0.2, -0.15) is 5.10 Å². The Kier molecular flexibility index (Phi) is 3.06. The van der Waals surface area contributed by atoms with Crippen LogP contribution in [0.1, 0.15) is 13.8 Å². The minimum Gasteiger partial charge on any atom is -0.387 e. The summed E-state index contributed by atoms with van der Waals surface area (Å²) in [4.78, 5) is 11.4. The molecule has 72 valence electrons. The topological polar surface area (TPSA) is 46.9 Å².